The van der Waals surface area contributed by atoms with E-state index in [4.69, 9.17) is 0 Å². The molecular formula is C21H22N4O3. The molecule has 0 bridgehead atoms. The van der Waals surface area contributed by atoms with Gasteiger partial charge in [0.1, 0.15) is 11.2 Å². The summed E-state index contributed by atoms with van der Waals surface area (Å²) in [6, 6.07) is 10.8. The molecule has 0 atom stereocenters. The van der Waals surface area contributed by atoms with E-state index in [1.165, 1.54) is 10.6 Å². The molecule has 0 saturated heterocycles. The van der Waals surface area contributed by atoms with Crippen LogP contribution in [0.25, 0.3) is 5.65 Å². The molecule has 2 N–H and O–H groups in total. The zero-order valence-electron chi connectivity index (χ0n) is 16.0. The predicted octanol–water partition coefficient (Wildman–Crippen LogP) is 2.53. The summed E-state index contributed by atoms with van der Waals surface area (Å²) in [7, 11) is 0. The number of carbonyl (C=O) groups excluding carboxylic acids is 2. The van der Waals surface area contributed by atoms with Gasteiger partial charge < -0.3 is 10.6 Å². The number of carbonyl (C=O) groups is 2. The van der Waals surface area contributed by atoms with Crippen LogP contribution in [0.5, 0.6) is 0 Å². The van der Waals surface area contributed by atoms with Crippen molar-refractivity contribution >= 4 is 23.1 Å². The van der Waals surface area contributed by atoms with E-state index in [-0.39, 0.29) is 23.9 Å². The Morgan fingerprint density at radius 2 is 1.82 bits per heavy atom. The quantitative estimate of drug-likeness (QED) is 0.714. The first kappa shape index (κ1) is 19.3. The molecule has 3 rings (SSSR count). The second-order valence-electron chi connectivity index (χ2n) is 6.94. The second-order valence-corrected chi connectivity index (χ2v) is 6.94. The molecule has 2 heterocycles. The lowest BCUT2D eigenvalue weighted by Crippen LogP contribution is -2.31. The number of aromatic nitrogens is 2. The van der Waals surface area contributed by atoms with Crippen molar-refractivity contribution in [3.8, 4) is 0 Å². The lowest BCUT2D eigenvalue weighted by atomic mass is 10.1. The van der Waals surface area contributed by atoms with Crippen molar-refractivity contribution in [2.24, 2.45) is 5.92 Å². The molecule has 0 saturated carbocycles. The predicted molar refractivity (Wildman–Crippen MR) is 107 cm³/mol. The summed E-state index contributed by atoms with van der Waals surface area (Å²) in [5.74, 6) is -0.636. The average Bonchev–Trinajstić information content (AvgIpc) is 2.68. The van der Waals surface area contributed by atoms with Crippen molar-refractivity contribution in [3.05, 3.63) is 75.8 Å². The Morgan fingerprint density at radius 1 is 1.11 bits per heavy atom. The van der Waals surface area contributed by atoms with E-state index < -0.39 is 11.5 Å². The van der Waals surface area contributed by atoms with E-state index in [0.29, 0.717) is 11.3 Å². The van der Waals surface area contributed by atoms with Gasteiger partial charge in [-0.15, -0.1) is 0 Å². The Balaban J connectivity index is 1.69. The van der Waals surface area contributed by atoms with Gasteiger partial charge in [-0.25, -0.2) is 4.98 Å². The maximum atomic E-state index is 12.6. The summed E-state index contributed by atoms with van der Waals surface area (Å²) < 4.78 is 1.37. The van der Waals surface area contributed by atoms with Gasteiger partial charge in [0.05, 0.1) is 0 Å². The maximum absolute atomic E-state index is 12.6. The summed E-state index contributed by atoms with van der Waals surface area (Å²) in [5.41, 5.74) is 2.52. The Hall–Kier alpha value is -3.48. The average molecular weight is 378 g/mol. The zero-order valence-corrected chi connectivity index (χ0v) is 16.0. The smallest absolute Gasteiger partial charge is 0.270 e. The zero-order chi connectivity index (χ0) is 20.3. The molecule has 0 radical (unpaired) electrons. The fraction of sp³-hybridized carbons (Fsp3) is 0.238. The first-order chi connectivity index (χ1) is 13.3. The van der Waals surface area contributed by atoms with E-state index >= 15 is 0 Å². The number of hydrogen-bond donors (Lipinski definition) is 2. The molecule has 0 spiro atoms. The first-order valence-corrected chi connectivity index (χ1v) is 9.01. The first-order valence-electron chi connectivity index (χ1n) is 9.01. The third-order valence-electron chi connectivity index (χ3n) is 4.29. The molecular weight excluding hydrogens is 356 g/mol. The highest BCUT2D eigenvalue weighted by Gasteiger charge is 2.13. The molecule has 7 heteroatoms. The molecule has 0 aliphatic carbocycles. The molecule has 144 valence electrons. The molecule has 7 nitrogen and oxygen atoms in total. The third-order valence-corrected chi connectivity index (χ3v) is 4.29. The summed E-state index contributed by atoms with van der Waals surface area (Å²) in [4.78, 5) is 40.9. The molecule has 2 aromatic heterocycles. The number of amides is 2. The van der Waals surface area contributed by atoms with E-state index in [1.807, 2.05) is 39.0 Å². The number of pyridine rings is 1. The number of nitrogens with zero attached hydrogens (tertiary/aromatic N) is 2. The number of fused-ring (bicyclic) bond motifs is 1. The fourth-order valence-electron chi connectivity index (χ4n) is 2.61. The van der Waals surface area contributed by atoms with Crippen LogP contribution in [0.4, 0.5) is 5.69 Å². The van der Waals surface area contributed by atoms with Gasteiger partial charge in [0, 0.05) is 30.5 Å². The Labute approximate surface area is 162 Å². The summed E-state index contributed by atoms with van der Waals surface area (Å²) >= 11 is 0. The van der Waals surface area contributed by atoms with Gasteiger partial charge in [-0.3, -0.25) is 18.8 Å². The van der Waals surface area contributed by atoms with Gasteiger partial charge in [-0.05, 0) is 36.2 Å². The number of rotatable bonds is 5. The van der Waals surface area contributed by atoms with Gasteiger partial charge in [0.15, 0.2) is 0 Å². The lowest BCUT2D eigenvalue weighted by molar-refractivity contribution is -0.118. The monoisotopic (exact) mass is 378 g/mol. The number of benzene rings is 1. The fourth-order valence-corrected chi connectivity index (χ4v) is 2.61. The Kier molecular flexibility index (Phi) is 5.54. The molecule has 3 aromatic rings. The largest absolute Gasteiger partial charge is 0.348 e. The molecule has 0 aliphatic heterocycles. The van der Waals surface area contributed by atoms with Crippen LogP contribution >= 0.6 is 0 Å². The minimum Gasteiger partial charge on any atom is -0.348 e. The van der Waals surface area contributed by atoms with Gasteiger partial charge >= 0.3 is 0 Å². The normalized spacial score (nSPS) is 10.9. The number of nitrogens with one attached hydrogen (secondary N) is 2. The van der Waals surface area contributed by atoms with Crippen LogP contribution in [0.15, 0.2) is 53.6 Å². The van der Waals surface area contributed by atoms with Crippen molar-refractivity contribution in [2.45, 2.75) is 27.3 Å². The van der Waals surface area contributed by atoms with Crippen molar-refractivity contribution in [2.75, 3.05) is 5.32 Å². The molecule has 0 aliphatic rings. The number of aryl methyl sites for hydroxylation is 1. The lowest BCUT2D eigenvalue weighted by Gasteiger charge is -2.09. The van der Waals surface area contributed by atoms with Gasteiger partial charge in [0.2, 0.25) is 5.91 Å². The van der Waals surface area contributed by atoms with Crippen molar-refractivity contribution < 1.29 is 9.59 Å². The van der Waals surface area contributed by atoms with Crippen LogP contribution in [-0.2, 0) is 11.3 Å². The van der Waals surface area contributed by atoms with Gasteiger partial charge in [-0.1, -0.05) is 32.0 Å². The van der Waals surface area contributed by atoms with E-state index in [1.54, 1.807) is 24.4 Å². The van der Waals surface area contributed by atoms with Crippen molar-refractivity contribution in [1.29, 1.82) is 0 Å². The molecule has 0 unspecified atom stereocenters. The van der Waals surface area contributed by atoms with E-state index in [9.17, 15) is 14.4 Å². The standard InChI is InChI=1S/C21H22N4O3/c1-13(2)19(26)24-16-7-5-15(6-8-16)10-23-20(27)17-11-22-18-9-4-14(3)12-25(18)21(17)28/h4-9,11-13H,10H2,1-3H3,(H,23,27)(H,24,26). The third kappa shape index (κ3) is 4.25. The van der Waals surface area contributed by atoms with Crippen LogP contribution < -0.4 is 16.2 Å². The maximum Gasteiger partial charge on any atom is 0.270 e. The van der Waals surface area contributed by atoms with E-state index in [2.05, 4.69) is 15.6 Å². The summed E-state index contributed by atoms with van der Waals surface area (Å²) in [6.07, 6.45) is 2.96. The van der Waals surface area contributed by atoms with E-state index in [0.717, 1.165) is 11.1 Å². The molecule has 0 fully saturated rings. The van der Waals surface area contributed by atoms with Crippen LogP contribution in [0, 0.1) is 12.8 Å². The summed E-state index contributed by atoms with van der Waals surface area (Å²) in [6.45, 7) is 5.77. The highest BCUT2D eigenvalue weighted by molar-refractivity contribution is 5.94. The van der Waals surface area contributed by atoms with Crippen molar-refractivity contribution in [1.82, 2.24) is 14.7 Å². The topological polar surface area (TPSA) is 92.6 Å². The number of hydrogen-bond acceptors (Lipinski definition) is 4. The number of anilines is 1. The summed E-state index contributed by atoms with van der Waals surface area (Å²) in [5, 5.41) is 5.54. The molecule has 28 heavy (non-hydrogen) atoms. The minimum absolute atomic E-state index is 0.0103. The molecule has 1 aromatic carbocycles. The van der Waals surface area contributed by atoms with Crippen LogP contribution in [0.2, 0.25) is 0 Å². The Bertz CT molecular complexity index is 1080. The van der Waals surface area contributed by atoms with Crippen LogP contribution in [0.3, 0.4) is 0 Å². The Morgan fingerprint density at radius 3 is 2.50 bits per heavy atom. The highest BCUT2D eigenvalue weighted by atomic mass is 16.2. The SMILES string of the molecule is Cc1ccc2ncc(C(=O)NCc3ccc(NC(=O)C(C)C)cc3)c(=O)n2c1. The van der Waals surface area contributed by atoms with Gasteiger partial charge in [-0.2, -0.15) is 0 Å². The van der Waals surface area contributed by atoms with Gasteiger partial charge in [0.25, 0.3) is 11.5 Å². The van der Waals surface area contributed by atoms with Crippen LogP contribution in [0.1, 0.15) is 35.3 Å². The second kappa shape index (κ2) is 8.04. The molecule has 2 amide bonds. The highest BCUT2D eigenvalue weighted by Crippen LogP contribution is 2.11. The van der Waals surface area contributed by atoms with Crippen LogP contribution in [-0.4, -0.2) is 21.2 Å². The van der Waals surface area contributed by atoms with Crippen molar-refractivity contribution in [3.63, 3.8) is 0 Å². The minimum atomic E-state index is -0.481.